The summed E-state index contributed by atoms with van der Waals surface area (Å²) in [7, 11) is -3.67. The minimum atomic E-state index is -3.67. The number of carbonyl (C=O) groups excluding carboxylic acids is 1. The van der Waals surface area contributed by atoms with Crippen LogP contribution in [0.15, 0.2) is 71.6 Å². The fourth-order valence-corrected chi connectivity index (χ4v) is 7.26. The molecule has 2 N–H and O–H groups in total. The van der Waals surface area contributed by atoms with E-state index in [-0.39, 0.29) is 22.3 Å². The highest BCUT2D eigenvalue weighted by atomic mass is 35.5. The summed E-state index contributed by atoms with van der Waals surface area (Å²) in [5.74, 6) is 0.739. The highest BCUT2D eigenvalue weighted by molar-refractivity contribution is 7.89. The SMILES string of the molecule is NC1CC(=O)N(c2ccc(S(=O)(=O)N3CCN(c4cc(C5(c6ccccc6)CC5)cc(Cl)n4)CC3)cc2)C1. The van der Waals surface area contributed by atoms with Gasteiger partial charge in [-0.3, -0.25) is 4.79 Å². The Hall–Kier alpha value is -2.98. The minimum absolute atomic E-state index is 0.0232. The van der Waals surface area contributed by atoms with Crippen LogP contribution < -0.4 is 15.5 Å². The minimum Gasteiger partial charge on any atom is -0.354 e. The van der Waals surface area contributed by atoms with Crippen molar-refractivity contribution in [2.75, 3.05) is 42.5 Å². The lowest BCUT2D eigenvalue weighted by Crippen LogP contribution is -2.49. The second-order valence-corrected chi connectivity index (χ2v) is 12.7. The molecule has 2 saturated heterocycles. The topological polar surface area (TPSA) is 99.8 Å². The predicted octanol–water partition coefficient (Wildman–Crippen LogP) is 3.39. The molecule has 38 heavy (non-hydrogen) atoms. The average molecular weight is 552 g/mol. The van der Waals surface area contributed by atoms with Crippen molar-refractivity contribution >= 4 is 39.0 Å². The molecule has 198 valence electrons. The molecular formula is C28H30ClN5O3S. The van der Waals surface area contributed by atoms with Crippen LogP contribution in [0, 0.1) is 0 Å². The third-order valence-electron chi connectivity index (χ3n) is 7.91. The van der Waals surface area contributed by atoms with Crippen LogP contribution in [0.4, 0.5) is 11.5 Å². The maximum Gasteiger partial charge on any atom is 0.243 e. The Labute approximate surface area is 228 Å². The molecule has 0 radical (unpaired) electrons. The number of pyridine rings is 1. The Morgan fingerprint density at radius 1 is 0.921 bits per heavy atom. The zero-order chi connectivity index (χ0) is 26.5. The van der Waals surface area contributed by atoms with Crippen LogP contribution >= 0.6 is 11.6 Å². The van der Waals surface area contributed by atoms with Crippen molar-refractivity contribution in [3.63, 3.8) is 0 Å². The number of nitrogens with two attached hydrogens (primary N) is 1. The first-order valence-corrected chi connectivity index (χ1v) is 14.7. The average Bonchev–Trinajstić information content (AvgIpc) is 3.67. The van der Waals surface area contributed by atoms with E-state index in [0.29, 0.717) is 50.0 Å². The van der Waals surface area contributed by atoms with Crippen molar-refractivity contribution in [3.05, 3.63) is 83.0 Å². The molecule has 2 aromatic carbocycles. The Kier molecular flexibility index (Phi) is 6.42. The number of amides is 1. The lowest BCUT2D eigenvalue weighted by atomic mass is 9.88. The summed E-state index contributed by atoms with van der Waals surface area (Å²) < 4.78 is 28.2. The number of nitrogens with zero attached hydrogens (tertiary/aromatic N) is 4. The molecular weight excluding hydrogens is 522 g/mol. The molecule has 3 heterocycles. The maximum atomic E-state index is 13.4. The van der Waals surface area contributed by atoms with Gasteiger partial charge >= 0.3 is 0 Å². The highest BCUT2D eigenvalue weighted by Crippen LogP contribution is 2.54. The zero-order valence-electron chi connectivity index (χ0n) is 21.0. The van der Waals surface area contributed by atoms with Gasteiger partial charge in [-0.2, -0.15) is 4.31 Å². The van der Waals surface area contributed by atoms with Gasteiger partial charge in [0.15, 0.2) is 0 Å². The van der Waals surface area contributed by atoms with Gasteiger partial charge < -0.3 is 15.5 Å². The summed E-state index contributed by atoms with van der Waals surface area (Å²) in [4.78, 5) is 20.6. The van der Waals surface area contributed by atoms with Crippen molar-refractivity contribution in [3.8, 4) is 0 Å². The van der Waals surface area contributed by atoms with E-state index < -0.39 is 10.0 Å². The highest BCUT2D eigenvalue weighted by Gasteiger charge is 2.46. The molecule has 1 amide bonds. The largest absolute Gasteiger partial charge is 0.354 e. The smallest absolute Gasteiger partial charge is 0.243 e. The zero-order valence-corrected chi connectivity index (χ0v) is 22.5. The number of benzene rings is 2. The summed E-state index contributed by atoms with van der Waals surface area (Å²) in [6.07, 6.45) is 2.45. The number of aromatic nitrogens is 1. The number of anilines is 2. The molecule has 3 aliphatic rings. The number of rotatable bonds is 6. The number of halogens is 1. The first-order valence-electron chi connectivity index (χ1n) is 12.9. The van der Waals surface area contributed by atoms with Gasteiger partial charge in [-0.15, -0.1) is 0 Å². The van der Waals surface area contributed by atoms with E-state index in [0.717, 1.165) is 24.2 Å². The molecule has 10 heteroatoms. The van der Waals surface area contributed by atoms with Crippen LogP contribution in [-0.2, 0) is 20.2 Å². The standard InChI is InChI=1S/C28H30ClN5O3S/c29-25-16-21(28(10-11-28)20-4-2-1-3-5-20)17-26(31-25)32-12-14-33(15-13-32)38(36,37)24-8-6-23(7-9-24)34-19-22(30)18-27(34)35/h1-9,16-17,22H,10-15,18-19,30H2. The molecule has 0 spiro atoms. The van der Waals surface area contributed by atoms with Crippen LogP contribution in [0.2, 0.25) is 5.15 Å². The lowest BCUT2D eigenvalue weighted by molar-refractivity contribution is -0.117. The number of piperazine rings is 1. The molecule has 6 rings (SSSR count). The van der Waals surface area contributed by atoms with Crippen LogP contribution in [0.1, 0.15) is 30.4 Å². The van der Waals surface area contributed by atoms with E-state index in [1.165, 1.54) is 9.87 Å². The summed E-state index contributed by atoms with van der Waals surface area (Å²) in [6, 6.07) is 20.8. The third-order valence-corrected chi connectivity index (χ3v) is 10.0. The monoisotopic (exact) mass is 551 g/mol. The van der Waals surface area contributed by atoms with Crippen LogP contribution in [-0.4, -0.2) is 62.4 Å². The van der Waals surface area contributed by atoms with Gasteiger partial charge in [0.25, 0.3) is 0 Å². The number of sulfonamides is 1. The fraction of sp³-hybridized carbons (Fsp3) is 0.357. The van der Waals surface area contributed by atoms with E-state index in [1.807, 2.05) is 12.1 Å². The Balaban J connectivity index is 1.15. The normalized spacial score (nSPS) is 21.6. The van der Waals surface area contributed by atoms with Crippen molar-refractivity contribution < 1.29 is 13.2 Å². The van der Waals surface area contributed by atoms with Crippen LogP contribution in [0.3, 0.4) is 0 Å². The summed E-state index contributed by atoms with van der Waals surface area (Å²) in [5, 5.41) is 0.451. The Bertz CT molecular complexity index is 1450. The Morgan fingerprint density at radius 2 is 1.61 bits per heavy atom. The van der Waals surface area contributed by atoms with Gasteiger partial charge in [0.2, 0.25) is 15.9 Å². The second-order valence-electron chi connectivity index (χ2n) is 10.3. The Morgan fingerprint density at radius 3 is 2.21 bits per heavy atom. The van der Waals surface area contributed by atoms with Crippen molar-refractivity contribution in [1.29, 1.82) is 0 Å². The molecule has 3 aromatic rings. The summed E-state index contributed by atoms with van der Waals surface area (Å²) in [5.41, 5.74) is 8.97. The second kappa shape index (κ2) is 9.64. The third kappa shape index (κ3) is 4.58. The van der Waals surface area contributed by atoms with E-state index in [2.05, 4.69) is 40.2 Å². The first-order chi connectivity index (χ1) is 18.3. The molecule has 8 nitrogen and oxygen atoms in total. The van der Waals surface area contributed by atoms with Crippen molar-refractivity contribution in [2.45, 2.75) is 35.6 Å². The van der Waals surface area contributed by atoms with Gasteiger partial charge in [0.1, 0.15) is 11.0 Å². The fourth-order valence-electron chi connectivity index (χ4n) is 5.64. The molecule has 1 aliphatic carbocycles. The molecule has 0 bridgehead atoms. The molecule has 1 saturated carbocycles. The van der Waals surface area contributed by atoms with Crippen LogP contribution in [0.25, 0.3) is 0 Å². The molecule has 2 aliphatic heterocycles. The summed E-state index contributed by atoms with van der Waals surface area (Å²) in [6.45, 7) is 2.16. The van der Waals surface area contributed by atoms with Crippen molar-refractivity contribution in [1.82, 2.24) is 9.29 Å². The van der Waals surface area contributed by atoms with E-state index in [4.69, 9.17) is 17.3 Å². The van der Waals surface area contributed by atoms with Gasteiger partial charge in [-0.25, -0.2) is 13.4 Å². The maximum absolute atomic E-state index is 13.4. The quantitative estimate of drug-likeness (QED) is 0.471. The van der Waals surface area contributed by atoms with Gasteiger partial charge in [0.05, 0.1) is 4.90 Å². The van der Waals surface area contributed by atoms with Crippen LogP contribution in [0.5, 0.6) is 0 Å². The lowest BCUT2D eigenvalue weighted by Gasteiger charge is -2.35. The van der Waals surface area contributed by atoms with E-state index in [9.17, 15) is 13.2 Å². The molecule has 1 aromatic heterocycles. The number of hydrogen-bond donors (Lipinski definition) is 1. The van der Waals surface area contributed by atoms with Gasteiger partial charge in [-0.1, -0.05) is 41.9 Å². The summed E-state index contributed by atoms with van der Waals surface area (Å²) >= 11 is 6.47. The van der Waals surface area contributed by atoms with Crippen molar-refractivity contribution in [2.24, 2.45) is 5.73 Å². The molecule has 1 atom stereocenters. The number of hydrogen-bond acceptors (Lipinski definition) is 6. The van der Waals surface area contributed by atoms with E-state index >= 15 is 0 Å². The van der Waals surface area contributed by atoms with Gasteiger partial charge in [0, 0.05) is 56.3 Å². The molecule has 1 unspecified atom stereocenters. The first kappa shape index (κ1) is 25.3. The van der Waals surface area contributed by atoms with E-state index in [1.54, 1.807) is 29.2 Å². The van der Waals surface area contributed by atoms with Gasteiger partial charge in [-0.05, 0) is 60.4 Å². The molecule has 3 fully saturated rings. The predicted molar refractivity (Wildman–Crippen MR) is 148 cm³/mol. The number of carbonyl (C=O) groups is 1.